The summed E-state index contributed by atoms with van der Waals surface area (Å²) in [5, 5.41) is 3.45. The van der Waals surface area contributed by atoms with Crippen molar-refractivity contribution in [1.29, 1.82) is 0 Å². The number of aromatic amines is 1. The molecule has 4 rings (SSSR count). The summed E-state index contributed by atoms with van der Waals surface area (Å²) in [6.45, 7) is 0. The van der Waals surface area contributed by atoms with Crippen molar-refractivity contribution in [3.63, 3.8) is 0 Å². The Morgan fingerprint density at radius 3 is 2.76 bits per heavy atom. The van der Waals surface area contributed by atoms with Gasteiger partial charge in [0.2, 0.25) is 0 Å². The van der Waals surface area contributed by atoms with Crippen molar-refractivity contribution in [2.45, 2.75) is 44.1 Å². The highest BCUT2D eigenvalue weighted by molar-refractivity contribution is 5.38. The Hall–Kier alpha value is -2.10. The largest absolute Gasteiger partial charge is 0.367 e. The van der Waals surface area contributed by atoms with E-state index < -0.39 is 0 Å². The molecule has 0 spiro atoms. The number of aryl methyl sites for hydroxylation is 1. The van der Waals surface area contributed by atoms with Crippen molar-refractivity contribution >= 4 is 5.82 Å². The summed E-state index contributed by atoms with van der Waals surface area (Å²) in [6, 6.07) is 10.5. The van der Waals surface area contributed by atoms with Crippen molar-refractivity contribution in [3.8, 4) is 0 Å². The number of benzene rings is 1. The minimum Gasteiger partial charge on any atom is -0.367 e. The second kappa shape index (κ2) is 5.02. The van der Waals surface area contributed by atoms with Gasteiger partial charge in [-0.15, -0.1) is 0 Å². The summed E-state index contributed by atoms with van der Waals surface area (Å²) < 4.78 is 0. The molecule has 1 aromatic carbocycles. The van der Waals surface area contributed by atoms with E-state index in [4.69, 9.17) is 0 Å². The normalized spacial score (nSPS) is 20.9. The molecule has 1 saturated carbocycles. The molecule has 4 heteroatoms. The van der Waals surface area contributed by atoms with Crippen LogP contribution in [0, 0.1) is 0 Å². The topological polar surface area (TPSA) is 57.8 Å². The lowest BCUT2D eigenvalue weighted by Crippen LogP contribution is -2.28. The molecular formula is C17H19N3O. The van der Waals surface area contributed by atoms with E-state index in [1.54, 1.807) is 6.07 Å². The lowest BCUT2D eigenvalue weighted by atomic mass is 9.88. The maximum absolute atomic E-state index is 11.7. The molecule has 1 aromatic heterocycles. The maximum Gasteiger partial charge on any atom is 0.252 e. The number of hydrogen-bond donors (Lipinski definition) is 2. The summed E-state index contributed by atoms with van der Waals surface area (Å²) in [5.74, 6) is 2.04. The highest BCUT2D eigenvalue weighted by Gasteiger charge is 2.27. The molecule has 0 bridgehead atoms. The summed E-state index contributed by atoms with van der Waals surface area (Å²) >= 11 is 0. The molecular weight excluding hydrogens is 262 g/mol. The molecule has 0 radical (unpaired) electrons. The third kappa shape index (κ3) is 2.71. The van der Waals surface area contributed by atoms with E-state index in [1.807, 2.05) is 0 Å². The number of nitrogens with one attached hydrogen (secondary N) is 2. The third-order valence-corrected chi connectivity index (χ3v) is 4.42. The van der Waals surface area contributed by atoms with Crippen molar-refractivity contribution in [2.24, 2.45) is 0 Å². The Kier molecular flexibility index (Phi) is 3.02. The van der Waals surface area contributed by atoms with Gasteiger partial charge in [0.15, 0.2) is 0 Å². The van der Waals surface area contributed by atoms with E-state index in [0.29, 0.717) is 12.0 Å². The molecule has 21 heavy (non-hydrogen) atoms. The summed E-state index contributed by atoms with van der Waals surface area (Å²) in [4.78, 5) is 19.2. The molecule has 108 valence electrons. The van der Waals surface area contributed by atoms with Gasteiger partial charge >= 0.3 is 0 Å². The molecule has 1 fully saturated rings. The fraction of sp³-hybridized carbons (Fsp3) is 0.412. The summed E-state index contributed by atoms with van der Waals surface area (Å²) in [5.41, 5.74) is 2.81. The predicted molar refractivity (Wildman–Crippen MR) is 82.7 cm³/mol. The van der Waals surface area contributed by atoms with Crippen LogP contribution in [-0.2, 0) is 12.8 Å². The lowest BCUT2D eigenvalue weighted by molar-refractivity contribution is 0.608. The molecule has 1 unspecified atom stereocenters. The van der Waals surface area contributed by atoms with Crippen LogP contribution in [0.25, 0.3) is 0 Å². The van der Waals surface area contributed by atoms with E-state index in [1.165, 1.54) is 11.1 Å². The minimum atomic E-state index is -0.0504. The van der Waals surface area contributed by atoms with Gasteiger partial charge in [-0.05, 0) is 43.2 Å². The fourth-order valence-electron chi connectivity index (χ4n) is 3.13. The predicted octanol–water partition coefficient (Wildman–Crippen LogP) is 2.62. The molecule has 0 amide bonds. The first-order valence-electron chi connectivity index (χ1n) is 7.72. The minimum absolute atomic E-state index is 0.0504. The molecule has 1 atom stereocenters. The summed E-state index contributed by atoms with van der Waals surface area (Å²) in [7, 11) is 0. The van der Waals surface area contributed by atoms with Crippen LogP contribution in [0.15, 0.2) is 35.1 Å². The van der Waals surface area contributed by atoms with Crippen LogP contribution < -0.4 is 10.9 Å². The van der Waals surface area contributed by atoms with Gasteiger partial charge in [-0.25, -0.2) is 4.98 Å². The van der Waals surface area contributed by atoms with Crippen LogP contribution in [-0.4, -0.2) is 16.0 Å². The van der Waals surface area contributed by atoms with Gasteiger partial charge in [0.1, 0.15) is 11.6 Å². The first kappa shape index (κ1) is 12.6. The van der Waals surface area contributed by atoms with Gasteiger partial charge in [0.25, 0.3) is 5.56 Å². The fourth-order valence-corrected chi connectivity index (χ4v) is 3.13. The van der Waals surface area contributed by atoms with Gasteiger partial charge in [0, 0.05) is 18.0 Å². The Morgan fingerprint density at radius 1 is 1.14 bits per heavy atom. The lowest BCUT2D eigenvalue weighted by Gasteiger charge is -2.25. The zero-order chi connectivity index (χ0) is 14.2. The number of anilines is 1. The number of nitrogens with zero attached hydrogens (tertiary/aromatic N) is 1. The average Bonchev–Trinajstić information content (AvgIpc) is 3.31. The van der Waals surface area contributed by atoms with Crippen LogP contribution in [0.4, 0.5) is 5.82 Å². The Bertz CT molecular complexity index is 718. The Balaban J connectivity index is 1.53. The smallest absolute Gasteiger partial charge is 0.252 e. The number of rotatable bonds is 3. The monoisotopic (exact) mass is 281 g/mol. The van der Waals surface area contributed by atoms with Gasteiger partial charge in [-0.1, -0.05) is 24.3 Å². The van der Waals surface area contributed by atoms with E-state index in [0.717, 1.165) is 43.7 Å². The van der Waals surface area contributed by atoms with E-state index in [9.17, 15) is 4.79 Å². The van der Waals surface area contributed by atoms with E-state index in [2.05, 4.69) is 39.6 Å². The second-order valence-electron chi connectivity index (χ2n) is 6.14. The first-order valence-corrected chi connectivity index (χ1v) is 7.72. The van der Waals surface area contributed by atoms with Gasteiger partial charge in [-0.3, -0.25) is 4.79 Å². The van der Waals surface area contributed by atoms with Crippen molar-refractivity contribution < 1.29 is 0 Å². The number of H-pyrrole nitrogens is 1. The van der Waals surface area contributed by atoms with Crippen LogP contribution in [0.5, 0.6) is 0 Å². The quantitative estimate of drug-likeness (QED) is 0.909. The first-order chi connectivity index (χ1) is 10.3. The number of aromatic nitrogens is 2. The molecule has 4 nitrogen and oxygen atoms in total. The molecule has 1 heterocycles. The molecule has 2 aliphatic rings. The molecule has 2 N–H and O–H groups in total. The van der Waals surface area contributed by atoms with Crippen molar-refractivity contribution in [1.82, 2.24) is 9.97 Å². The summed E-state index contributed by atoms with van der Waals surface area (Å²) in [6.07, 6.45) is 5.46. The van der Waals surface area contributed by atoms with Crippen LogP contribution >= 0.6 is 0 Å². The van der Waals surface area contributed by atoms with Crippen LogP contribution in [0.2, 0.25) is 0 Å². The van der Waals surface area contributed by atoms with Gasteiger partial charge in [-0.2, -0.15) is 0 Å². The Morgan fingerprint density at radius 2 is 1.95 bits per heavy atom. The number of hydrogen-bond acceptors (Lipinski definition) is 3. The molecule has 0 aliphatic heterocycles. The van der Waals surface area contributed by atoms with Crippen molar-refractivity contribution in [3.05, 3.63) is 57.6 Å². The number of fused-ring (bicyclic) bond motifs is 1. The van der Waals surface area contributed by atoms with Gasteiger partial charge < -0.3 is 10.3 Å². The van der Waals surface area contributed by atoms with Crippen LogP contribution in [0.1, 0.15) is 42.1 Å². The average molecular weight is 281 g/mol. The molecule has 2 aromatic rings. The zero-order valence-electron chi connectivity index (χ0n) is 11.9. The molecule has 0 saturated heterocycles. The molecule has 2 aliphatic carbocycles. The van der Waals surface area contributed by atoms with Gasteiger partial charge in [0.05, 0.1) is 0 Å². The third-order valence-electron chi connectivity index (χ3n) is 4.42. The maximum atomic E-state index is 11.7. The van der Waals surface area contributed by atoms with E-state index >= 15 is 0 Å². The standard InChI is InChI=1S/C17H19N3O/c21-16-10-15(19-17(20-16)12-5-6-12)18-14-8-7-11-3-1-2-4-13(11)9-14/h1-4,10,12,14H,5-9H2,(H2,18,19,20,21). The highest BCUT2D eigenvalue weighted by Crippen LogP contribution is 2.37. The second-order valence-corrected chi connectivity index (χ2v) is 6.14. The van der Waals surface area contributed by atoms with Crippen molar-refractivity contribution in [2.75, 3.05) is 5.32 Å². The highest BCUT2D eigenvalue weighted by atomic mass is 16.1. The zero-order valence-corrected chi connectivity index (χ0v) is 11.9. The Labute approximate surface area is 123 Å². The van der Waals surface area contributed by atoms with Crippen LogP contribution in [0.3, 0.4) is 0 Å². The van der Waals surface area contributed by atoms with E-state index in [-0.39, 0.29) is 5.56 Å². The SMILES string of the molecule is O=c1cc(NC2CCc3ccccc3C2)nc(C2CC2)[nH]1.